The zero-order valence-electron chi connectivity index (χ0n) is 5.69. The molecular weight excluding hydrogens is 184 g/mol. The molecule has 0 bridgehead atoms. The summed E-state index contributed by atoms with van der Waals surface area (Å²) < 4.78 is 10.7. The maximum Gasteiger partial charge on any atom is 0.163 e. The Kier molecular flexibility index (Phi) is 2.14. The minimum absolute atomic E-state index is 0.236. The monoisotopic (exact) mass is 194 g/mol. The van der Waals surface area contributed by atoms with Gasteiger partial charge in [-0.15, -0.1) is 0 Å². The van der Waals surface area contributed by atoms with Gasteiger partial charge in [0.1, 0.15) is 0 Å². The number of alkyl halides is 1. The second-order valence-corrected chi connectivity index (χ2v) is 3.25. The highest BCUT2D eigenvalue weighted by Gasteiger charge is 2.31. The van der Waals surface area contributed by atoms with Crippen LogP contribution in [0.4, 0.5) is 0 Å². The predicted octanol–water partition coefficient (Wildman–Crippen LogP) is 1.53. The first-order valence-corrected chi connectivity index (χ1v) is 4.14. The molecule has 0 radical (unpaired) electrons. The predicted molar refractivity (Wildman–Crippen MR) is 38.7 cm³/mol. The van der Waals surface area contributed by atoms with Crippen LogP contribution >= 0.6 is 15.9 Å². The van der Waals surface area contributed by atoms with E-state index in [0.29, 0.717) is 6.61 Å². The topological polar surface area (TPSA) is 18.5 Å². The largest absolute Gasteiger partial charge is 0.348 e. The van der Waals surface area contributed by atoms with Crippen LogP contribution in [-0.4, -0.2) is 23.8 Å². The molecule has 0 N–H and O–H groups in total. The van der Waals surface area contributed by atoms with E-state index in [2.05, 4.69) is 15.9 Å². The molecule has 1 fully saturated rings. The Morgan fingerprint density at radius 2 is 2.33 bits per heavy atom. The van der Waals surface area contributed by atoms with Gasteiger partial charge in [-0.25, -0.2) is 0 Å². The lowest BCUT2D eigenvalue weighted by atomic mass is 10.4. The molecule has 0 unspecified atom stereocenters. The van der Waals surface area contributed by atoms with Gasteiger partial charge in [0.2, 0.25) is 0 Å². The van der Waals surface area contributed by atoms with Crippen molar-refractivity contribution in [3.8, 4) is 0 Å². The normalized spacial score (nSPS) is 33.0. The van der Waals surface area contributed by atoms with Crippen molar-refractivity contribution in [1.29, 1.82) is 0 Å². The Labute approximate surface area is 63.7 Å². The maximum absolute atomic E-state index is 5.43. The third-order valence-electron chi connectivity index (χ3n) is 1.24. The van der Waals surface area contributed by atoms with E-state index in [-0.39, 0.29) is 11.9 Å². The first-order chi connectivity index (χ1) is 4.14. The van der Waals surface area contributed by atoms with Crippen LogP contribution in [0, 0.1) is 0 Å². The Balaban J connectivity index is 2.38. The molecule has 3 heteroatoms. The molecule has 54 valence electrons. The van der Waals surface area contributed by atoms with Gasteiger partial charge in [0.05, 0.1) is 12.7 Å². The van der Waals surface area contributed by atoms with E-state index in [1.165, 1.54) is 0 Å². The Bertz CT molecular complexity index is 103. The number of ether oxygens (including phenoxy) is 2. The molecule has 0 aromatic carbocycles. The summed E-state index contributed by atoms with van der Waals surface area (Å²) in [7, 11) is 0. The minimum atomic E-state index is -0.363. The molecule has 0 aliphatic carbocycles. The van der Waals surface area contributed by atoms with Crippen molar-refractivity contribution in [2.45, 2.75) is 25.7 Å². The van der Waals surface area contributed by atoms with Gasteiger partial charge in [0.15, 0.2) is 5.79 Å². The van der Waals surface area contributed by atoms with Crippen LogP contribution in [0.5, 0.6) is 0 Å². The summed E-state index contributed by atoms with van der Waals surface area (Å²) in [4.78, 5) is 0. The average Bonchev–Trinajstić information content (AvgIpc) is 2.10. The van der Waals surface area contributed by atoms with Crippen LogP contribution in [0.15, 0.2) is 0 Å². The van der Waals surface area contributed by atoms with Gasteiger partial charge in [-0.3, -0.25) is 0 Å². The Hall–Kier alpha value is 0.400. The van der Waals surface area contributed by atoms with E-state index in [1.807, 2.05) is 13.8 Å². The third-order valence-corrected chi connectivity index (χ3v) is 1.96. The molecule has 2 nitrogen and oxygen atoms in total. The van der Waals surface area contributed by atoms with Crippen molar-refractivity contribution in [3.63, 3.8) is 0 Å². The summed E-state index contributed by atoms with van der Waals surface area (Å²) in [6.07, 6.45) is 0.236. The van der Waals surface area contributed by atoms with E-state index in [9.17, 15) is 0 Å². The Morgan fingerprint density at radius 3 is 2.56 bits per heavy atom. The second kappa shape index (κ2) is 2.56. The summed E-state index contributed by atoms with van der Waals surface area (Å²) in [6, 6.07) is 0. The lowest BCUT2D eigenvalue weighted by Gasteiger charge is -2.15. The maximum atomic E-state index is 5.43. The first-order valence-electron chi connectivity index (χ1n) is 3.02. The number of rotatable bonds is 1. The SMILES string of the molecule is CC1(C)OC[C@H](CBr)O1. The van der Waals surface area contributed by atoms with Crippen molar-refractivity contribution in [2.75, 3.05) is 11.9 Å². The van der Waals surface area contributed by atoms with Crippen LogP contribution in [0.2, 0.25) is 0 Å². The second-order valence-electron chi connectivity index (χ2n) is 2.60. The summed E-state index contributed by atoms with van der Waals surface area (Å²) >= 11 is 3.32. The van der Waals surface area contributed by atoms with Gasteiger partial charge in [0, 0.05) is 5.33 Å². The molecule has 1 aliphatic rings. The lowest BCUT2D eigenvalue weighted by molar-refractivity contribution is -0.135. The van der Waals surface area contributed by atoms with Crippen LogP contribution < -0.4 is 0 Å². The van der Waals surface area contributed by atoms with Gasteiger partial charge < -0.3 is 9.47 Å². The van der Waals surface area contributed by atoms with Crippen LogP contribution in [0.25, 0.3) is 0 Å². The number of halogens is 1. The van der Waals surface area contributed by atoms with E-state index in [1.54, 1.807) is 0 Å². The van der Waals surface area contributed by atoms with Crippen molar-refractivity contribution in [3.05, 3.63) is 0 Å². The van der Waals surface area contributed by atoms with Crippen LogP contribution in [0.1, 0.15) is 13.8 Å². The van der Waals surface area contributed by atoms with Crippen molar-refractivity contribution >= 4 is 15.9 Å². The minimum Gasteiger partial charge on any atom is -0.348 e. The van der Waals surface area contributed by atoms with Crippen LogP contribution in [0.3, 0.4) is 0 Å². The fourth-order valence-corrected chi connectivity index (χ4v) is 1.16. The smallest absolute Gasteiger partial charge is 0.163 e. The zero-order chi connectivity index (χ0) is 6.91. The zero-order valence-corrected chi connectivity index (χ0v) is 7.27. The molecule has 0 spiro atoms. The highest BCUT2D eigenvalue weighted by Crippen LogP contribution is 2.22. The summed E-state index contributed by atoms with van der Waals surface area (Å²) in [5.74, 6) is -0.363. The average molecular weight is 195 g/mol. The summed E-state index contributed by atoms with van der Waals surface area (Å²) in [5, 5.41) is 0.858. The van der Waals surface area contributed by atoms with Crippen molar-refractivity contribution < 1.29 is 9.47 Å². The fourth-order valence-electron chi connectivity index (χ4n) is 0.839. The van der Waals surface area contributed by atoms with E-state index >= 15 is 0 Å². The van der Waals surface area contributed by atoms with Gasteiger partial charge in [-0.2, -0.15) is 0 Å². The van der Waals surface area contributed by atoms with E-state index in [0.717, 1.165) is 5.33 Å². The molecule has 0 saturated carbocycles. The van der Waals surface area contributed by atoms with Crippen molar-refractivity contribution in [2.24, 2.45) is 0 Å². The van der Waals surface area contributed by atoms with Gasteiger partial charge in [-0.05, 0) is 13.8 Å². The molecule has 1 rings (SSSR count). The summed E-state index contributed by atoms with van der Waals surface area (Å²) in [6.45, 7) is 4.56. The molecule has 0 aromatic heterocycles. The highest BCUT2D eigenvalue weighted by atomic mass is 79.9. The number of hydrogen-bond donors (Lipinski definition) is 0. The quantitative estimate of drug-likeness (QED) is 0.590. The molecule has 1 atom stereocenters. The standard InChI is InChI=1S/C6H11BrO2/c1-6(2)8-4-5(3-7)9-6/h5H,3-4H2,1-2H3/t5-/m0/s1. The molecule has 0 aromatic rings. The number of hydrogen-bond acceptors (Lipinski definition) is 2. The van der Waals surface area contributed by atoms with Gasteiger partial charge in [0.25, 0.3) is 0 Å². The first kappa shape index (κ1) is 7.51. The van der Waals surface area contributed by atoms with Crippen LogP contribution in [-0.2, 0) is 9.47 Å². The van der Waals surface area contributed by atoms with E-state index in [4.69, 9.17) is 9.47 Å². The lowest BCUT2D eigenvalue weighted by Crippen LogP contribution is -2.21. The molecular formula is C6H11BrO2. The van der Waals surface area contributed by atoms with E-state index < -0.39 is 0 Å². The third kappa shape index (κ3) is 1.92. The summed E-state index contributed by atoms with van der Waals surface area (Å²) in [5.41, 5.74) is 0. The molecule has 0 amide bonds. The highest BCUT2D eigenvalue weighted by molar-refractivity contribution is 9.09. The fraction of sp³-hybridized carbons (Fsp3) is 1.00. The molecule has 1 aliphatic heterocycles. The van der Waals surface area contributed by atoms with Gasteiger partial charge >= 0.3 is 0 Å². The Morgan fingerprint density at radius 1 is 1.67 bits per heavy atom. The van der Waals surface area contributed by atoms with Gasteiger partial charge in [-0.1, -0.05) is 15.9 Å². The molecule has 1 heterocycles. The van der Waals surface area contributed by atoms with Crippen molar-refractivity contribution in [1.82, 2.24) is 0 Å². The molecule has 9 heavy (non-hydrogen) atoms. The molecule has 1 saturated heterocycles.